The zero-order valence-electron chi connectivity index (χ0n) is 13.3. The Morgan fingerprint density at radius 3 is 1.84 bits per heavy atom. The molecule has 1 nitrogen and oxygen atoms in total. The minimum atomic E-state index is 0. The van der Waals surface area contributed by atoms with Gasteiger partial charge < -0.3 is 4.90 Å². The molecule has 1 aromatic rings. The Bertz CT molecular complexity index is 317. The molecule has 0 aliphatic heterocycles. The first-order valence-corrected chi connectivity index (χ1v) is 7.28. The second-order valence-electron chi connectivity index (χ2n) is 4.83. The zero-order chi connectivity index (χ0) is 14.0. The van der Waals surface area contributed by atoms with Crippen LogP contribution in [0.4, 0.5) is 5.69 Å². The van der Waals surface area contributed by atoms with E-state index in [2.05, 4.69) is 64.6 Å². The van der Waals surface area contributed by atoms with Gasteiger partial charge in [0, 0.05) is 53.5 Å². The molecule has 0 bridgehead atoms. The molecular formula is C17H30NSm-. The molecule has 110 valence electrons. The molecular weight excluding hydrogens is 369 g/mol. The largest absolute Gasteiger partial charge is 0.423 e. The normalized spacial score (nSPS) is 9.11. The van der Waals surface area contributed by atoms with E-state index in [1.54, 1.807) is 0 Å². The SMILES string of the molecule is CCC.[CH2-]c1cc(C)ccc1N(CCC)CCC.[Sm]. The van der Waals surface area contributed by atoms with Crippen molar-refractivity contribution in [2.24, 2.45) is 0 Å². The summed E-state index contributed by atoms with van der Waals surface area (Å²) >= 11 is 0. The number of hydrogen-bond donors (Lipinski definition) is 0. The maximum absolute atomic E-state index is 4.13. The van der Waals surface area contributed by atoms with Crippen molar-refractivity contribution in [3.63, 3.8) is 0 Å². The molecule has 1 rings (SSSR count). The Balaban J connectivity index is 0. The fourth-order valence-electron chi connectivity index (χ4n) is 1.92. The van der Waals surface area contributed by atoms with E-state index in [0.717, 1.165) is 18.7 Å². The first-order valence-electron chi connectivity index (χ1n) is 7.28. The maximum Gasteiger partial charge on any atom is 0.00573 e. The van der Waals surface area contributed by atoms with Crippen LogP contribution in [0.2, 0.25) is 0 Å². The van der Waals surface area contributed by atoms with Gasteiger partial charge in [0.05, 0.1) is 0 Å². The van der Waals surface area contributed by atoms with E-state index in [1.165, 1.54) is 30.5 Å². The van der Waals surface area contributed by atoms with Crippen LogP contribution in [-0.4, -0.2) is 13.1 Å². The van der Waals surface area contributed by atoms with Crippen molar-refractivity contribution in [1.29, 1.82) is 0 Å². The average Bonchev–Trinajstić information content (AvgIpc) is 2.30. The van der Waals surface area contributed by atoms with Crippen LogP contribution in [0.1, 0.15) is 58.1 Å². The van der Waals surface area contributed by atoms with E-state index in [1.807, 2.05) is 0 Å². The van der Waals surface area contributed by atoms with Crippen molar-refractivity contribution >= 4 is 5.69 Å². The van der Waals surface area contributed by atoms with Crippen molar-refractivity contribution in [1.82, 2.24) is 0 Å². The predicted octanol–water partition coefficient (Wildman–Crippen LogP) is 5.22. The van der Waals surface area contributed by atoms with Crippen LogP contribution in [0.3, 0.4) is 0 Å². The van der Waals surface area contributed by atoms with Crippen molar-refractivity contribution < 1.29 is 40.4 Å². The summed E-state index contributed by atoms with van der Waals surface area (Å²) in [5.74, 6) is 0. The van der Waals surface area contributed by atoms with Gasteiger partial charge in [-0.25, -0.2) is 0 Å². The summed E-state index contributed by atoms with van der Waals surface area (Å²) in [5.41, 5.74) is 3.73. The zero-order valence-corrected chi connectivity index (χ0v) is 15.9. The minimum Gasteiger partial charge on any atom is -0.423 e. The van der Waals surface area contributed by atoms with Gasteiger partial charge >= 0.3 is 0 Å². The summed E-state index contributed by atoms with van der Waals surface area (Å²) < 4.78 is 0. The van der Waals surface area contributed by atoms with Gasteiger partial charge in [-0.1, -0.05) is 58.9 Å². The van der Waals surface area contributed by atoms with Gasteiger partial charge in [0.15, 0.2) is 0 Å². The number of benzene rings is 1. The molecule has 0 aliphatic carbocycles. The first kappa shape index (κ1) is 21.5. The van der Waals surface area contributed by atoms with Crippen LogP contribution in [0.15, 0.2) is 18.2 Å². The van der Waals surface area contributed by atoms with Crippen molar-refractivity contribution in [2.75, 3.05) is 18.0 Å². The van der Waals surface area contributed by atoms with Crippen LogP contribution in [0, 0.1) is 54.2 Å². The molecule has 0 heterocycles. The second kappa shape index (κ2) is 13.2. The number of aryl methyl sites for hydroxylation is 1. The molecule has 0 aliphatic rings. The Kier molecular flexibility index (Phi) is 15.0. The van der Waals surface area contributed by atoms with E-state index in [9.17, 15) is 0 Å². The van der Waals surface area contributed by atoms with E-state index in [0.29, 0.717) is 0 Å². The third-order valence-corrected chi connectivity index (χ3v) is 2.56. The molecule has 0 unspecified atom stereocenters. The molecule has 0 radical (unpaired) electrons. The summed E-state index contributed by atoms with van der Waals surface area (Å²) in [5, 5.41) is 0. The molecule has 1 aromatic carbocycles. The van der Waals surface area contributed by atoms with Crippen molar-refractivity contribution in [3.05, 3.63) is 36.2 Å². The van der Waals surface area contributed by atoms with Crippen LogP contribution >= 0.6 is 0 Å². The monoisotopic (exact) mass is 400 g/mol. The standard InChI is InChI=1S/C14H22N.C3H8.Sm/c1-5-9-15(10-6-2)14-8-7-12(3)11-13(14)4;1-3-2;/h7-8,11H,4-6,9-10H2,1-3H3;3H2,1-2H3;/q-1;;. The third-order valence-electron chi connectivity index (χ3n) is 2.56. The van der Waals surface area contributed by atoms with E-state index >= 15 is 0 Å². The molecule has 0 aromatic heterocycles. The summed E-state index contributed by atoms with van der Waals surface area (Å²) in [4.78, 5) is 2.43. The summed E-state index contributed by atoms with van der Waals surface area (Å²) in [6.07, 6.45) is 3.63. The van der Waals surface area contributed by atoms with Gasteiger partial charge in [-0.05, 0) is 12.8 Å². The quantitative estimate of drug-likeness (QED) is 0.615. The molecule has 0 saturated heterocycles. The average molecular weight is 399 g/mol. The number of nitrogens with zero attached hydrogens (tertiary/aromatic N) is 1. The van der Waals surface area contributed by atoms with Gasteiger partial charge in [-0.3, -0.25) is 0 Å². The fraction of sp³-hybridized carbons (Fsp3) is 0.588. The molecule has 0 N–H and O–H groups in total. The Morgan fingerprint density at radius 2 is 1.47 bits per heavy atom. The Labute approximate surface area is 153 Å². The smallest absolute Gasteiger partial charge is 0.00573 e. The van der Waals surface area contributed by atoms with Crippen molar-refractivity contribution in [2.45, 2.75) is 53.9 Å². The van der Waals surface area contributed by atoms with Gasteiger partial charge in [-0.2, -0.15) is 18.6 Å². The summed E-state index contributed by atoms with van der Waals surface area (Å²) in [7, 11) is 0. The van der Waals surface area contributed by atoms with E-state index in [-0.39, 0.29) is 40.4 Å². The van der Waals surface area contributed by atoms with E-state index in [4.69, 9.17) is 0 Å². The van der Waals surface area contributed by atoms with Gasteiger partial charge in [0.2, 0.25) is 0 Å². The Morgan fingerprint density at radius 1 is 1.00 bits per heavy atom. The fourth-order valence-corrected chi connectivity index (χ4v) is 1.92. The predicted molar refractivity (Wildman–Crippen MR) is 84.4 cm³/mol. The molecule has 0 spiro atoms. The minimum absolute atomic E-state index is 0. The number of anilines is 1. The summed E-state index contributed by atoms with van der Waals surface area (Å²) in [6, 6.07) is 6.53. The Hall–Kier alpha value is 0.228. The number of rotatable bonds is 5. The first-order chi connectivity index (χ1) is 8.60. The maximum atomic E-state index is 4.13. The molecule has 2 heteroatoms. The molecule has 0 fully saturated rings. The van der Waals surface area contributed by atoms with Gasteiger partial charge in [-0.15, -0.1) is 5.56 Å². The third kappa shape index (κ3) is 8.90. The number of hydrogen-bond acceptors (Lipinski definition) is 1. The topological polar surface area (TPSA) is 3.24 Å². The van der Waals surface area contributed by atoms with Crippen LogP contribution < -0.4 is 4.90 Å². The van der Waals surface area contributed by atoms with Gasteiger partial charge in [0.25, 0.3) is 0 Å². The molecule has 0 atom stereocenters. The molecule has 0 amide bonds. The molecule has 19 heavy (non-hydrogen) atoms. The second-order valence-corrected chi connectivity index (χ2v) is 4.83. The van der Waals surface area contributed by atoms with E-state index < -0.39 is 0 Å². The van der Waals surface area contributed by atoms with Crippen LogP contribution in [-0.2, 0) is 0 Å². The summed E-state index contributed by atoms with van der Waals surface area (Å²) in [6.45, 7) is 17.2. The van der Waals surface area contributed by atoms with Crippen molar-refractivity contribution in [3.8, 4) is 0 Å². The van der Waals surface area contributed by atoms with Crippen LogP contribution in [0.5, 0.6) is 0 Å². The van der Waals surface area contributed by atoms with Gasteiger partial charge in [0.1, 0.15) is 0 Å². The molecule has 0 saturated carbocycles. The van der Waals surface area contributed by atoms with Crippen LogP contribution in [0.25, 0.3) is 0 Å².